The molecule has 0 unspecified atom stereocenters. The fourth-order valence-electron chi connectivity index (χ4n) is 2.27. The van der Waals surface area contributed by atoms with Crippen molar-refractivity contribution in [1.82, 2.24) is 20.8 Å². The number of halogens is 1. The third-order valence-electron chi connectivity index (χ3n) is 3.48. The Labute approximate surface area is 146 Å². The minimum absolute atomic E-state index is 0.195. The minimum atomic E-state index is -0.559. The van der Waals surface area contributed by atoms with Gasteiger partial charge in [-0.25, -0.2) is 4.79 Å². The van der Waals surface area contributed by atoms with Crippen molar-refractivity contribution in [2.24, 2.45) is 0 Å². The first-order chi connectivity index (χ1) is 11.4. The molecular formula is C15H17BrN4O4. The van der Waals surface area contributed by atoms with Crippen LogP contribution >= 0.6 is 15.9 Å². The maximum Gasteiger partial charge on any atom is 0.339 e. The van der Waals surface area contributed by atoms with Gasteiger partial charge < -0.3 is 14.7 Å². The molecule has 0 bridgehead atoms. The van der Waals surface area contributed by atoms with Gasteiger partial charge in [-0.15, -0.1) is 0 Å². The van der Waals surface area contributed by atoms with Crippen molar-refractivity contribution in [3.05, 3.63) is 44.9 Å². The average molecular weight is 397 g/mol. The monoisotopic (exact) mass is 396 g/mol. The number of methoxy groups -OCH3 is 1. The molecule has 0 aliphatic carbocycles. The summed E-state index contributed by atoms with van der Waals surface area (Å²) in [6.45, 7) is 3.49. The Morgan fingerprint density at radius 3 is 2.46 bits per heavy atom. The van der Waals surface area contributed by atoms with Crippen LogP contribution in [0, 0.1) is 6.92 Å². The van der Waals surface area contributed by atoms with Gasteiger partial charge in [0.2, 0.25) is 0 Å². The molecule has 0 saturated heterocycles. The predicted molar refractivity (Wildman–Crippen MR) is 89.7 cm³/mol. The van der Waals surface area contributed by atoms with Gasteiger partial charge in [-0.1, -0.05) is 6.92 Å². The van der Waals surface area contributed by atoms with Gasteiger partial charge in [-0.05, 0) is 40.9 Å². The van der Waals surface area contributed by atoms with E-state index >= 15 is 0 Å². The Balaban J connectivity index is 2.14. The van der Waals surface area contributed by atoms with Gasteiger partial charge in [-0.3, -0.25) is 20.4 Å². The molecule has 2 aromatic heterocycles. The lowest BCUT2D eigenvalue weighted by Gasteiger charge is -2.06. The minimum Gasteiger partial charge on any atom is -0.465 e. The molecule has 0 saturated carbocycles. The number of carbonyl (C=O) groups excluding carboxylic acids is 3. The van der Waals surface area contributed by atoms with Crippen LogP contribution in [0.25, 0.3) is 0 Å². The molecule has 128 valence electrons. The van der Waals surface area contributed by atoms with E-state index in [0.717, 1.165) is 4.47 Å². The Hall–Kier alpha value is -2.55. The molecule has 0 atom stereocenters. The summed E-state index contributed by atoms with van der Waals surface area (Å²) in [5.74, 6) is -1.57. The van der Waals surface area contributed by atoms with Crippen molar-refractivity contribution in [2.45, 2.75) is 20.3 Å². The second-order valence-electron chi connectivity index (χ2n) is 4.96. The zero-order valence-corrected chi connectivity index (χ0v) is 15.0. The lowest BCUT2D eigenvalue weighted by atomic mass is 10.1. The van der Waals surface area contributed by atoms with Crippen LogP contribution in [0.3, 0.4) is 0 Å². The third kappa shape index (κ3) is 3.51. The van der Waals surface area contributed by atoms with Crippen molar-refractivity contribution in [2.75, 3.05) is 7.11 Å². The normalized spacial score (nSPS) is 10.3. The largest absolute Gasteiger partial charge is 0.465 e. The summed E-state index contributed by atoms with van der Waals surface area (Å²) in [6, 6.07) is 1.58. The van der Waals surface area contributed by atoms with Crippen molar-refractivity contribution in [3.63, 3.8) is 0 Å². The number of hydrazine groups is 1. The number of amides is 2. The highest BCUT2D eigenvalue weighted by atomic mass is 79.9. The summed E-state index contributed by atoms with van der Waals surface area (Å²) < 4.78 is 5.46. The van der Waals surface area contributed by atoms with E-state index in [4.69, 9.17) is 4.74 Å². The summed E-state index contributed by atoms with van der Waals surface area (Å²) >= 11 is 3.22. The quantitative estimate of drug-likeness (QED) is 0.465. The molecule has 24 heavy (non-hydrogen) atoms. The molecule has 0 aromatic carbocycles. The van der Waals surface area contributed by atoms with E-state index in [1.807, 2.05) is 6.92 Å². The SMILES string of the molecule is CCc1[nH]c(C(=O)NNC(=O)c2cc(Br)c[nH]2)c(C)c1C(=O)OC. The van der Waals surface area contributed by atoms with Crippen LogP contribution in [0.5, 0.6) is 0 Å². The van der Waals surface area contributed by atoms with Gasteiger partial charge in [0.15, 0.2) is 0 Å². The van der Waals surface area contributed by atoms with Crippen molar-refractivity contribution < 1.29 is 19.1 Å². The number of H-pyrrole nitrogens is 2. The van der Waals surface area contributed by atoms with Crippen LogP contribution in [0.1, 0.15) is 49.5 Å². The number of aromatic nitrogens is 2. The van der Waals surface area contributed by atoms with Gasteiger partial charge in [0.05, 0.1) is 12.7 Å². The molecule has 0 fully saturated rings. The summed E-state index contributed by atoms with van der Waals surface area (Å²) in [6.07, 6.45) is 2.13. The molecule has 2 amide bonds. The van der Waals surface area contributed by atoms with E-state index in [9.17, 15) is 14.4 Å². The molecule has 4 N–H and O–H groups in total. The van der Waals surface area contributed by atoms with Crippen molar-refractivity contribution in [1.29, 1.82) is 0 Å². The summed E-state index contributed by atoms with van der Waals surface area (Å²) in [4.78, 5) is 41.7. The molecule has 2 aromatic rings. The number of rotatable bonds is 4. The zero-order chi connectivity index (χ0) is 17.9. The van der Waals surface area contributed by atoms with Gasteiger partial charge in [0, 0.05) is 16.4 Å². The third-order valence-corrected chi connectivity index (χ3v) is 3.94. The van der Waals surface area contributed by atoms with E-state index in [1.54, 1.807) is 19.2 Å². The fraction of sp³-hybridized carbons (Fsp3) is 0.267. The van der Waals surface area contributed by atoms with E-state index < -0.39 is 17.8 Å². The van der Waals surface area contributed by atoms with Crippen LogP contribution in [-0.2, 0) is 11.2 Å². The highest BCUT2D eigenvalue weighted by Gasteiger charge is 2.24. The molecule has 2 rings (SSSR count). The molecular weight excluding hydrogens is 380 g/mol. The number of aryl methyl sites for hydroxylation is 1. The lowest BCUT2D eigenvalue weighted by Crippen LogP contribution is -2.42. The second kappa shape index (κ2) is 7.35. The number of ether oxygens (including phenoxy) is 1. The van der Waals surface area contributed by atoms with Gasteiger partial charge in [-0.2, -0.15) is 0 Å². The van der Waals surface area contributed by atoms with E-state index in [0.29, 0.717) is 23.2 Å². The number of hydrogen-bond acceptors (Lipinski definition) is 4. The topological polar surface area (TPSA) is 116 Å². The summed E-state index contributed by atoms with van der Waals surface area (Å²) in [5.41, 5.74) is 6.50. The van der Waals surface area contributed by atoms with Crippen LogP contribution in [-0.4, -0.2) is 34.9 Å². The fourth-order valence-corrected chi connectivity index (χ4v) is 2.61. The van der Waals surface area contributed by atoms with E-state index in [1.165, 1.54) is 7.11 Å². The van der Waals surface area contributed by atoms with Crippen LogP contribution in [0.4, 0.5) is 0 Å². The Morgan fingerprint density at radius 1 is 1.25 bits per heavy atom. The number of hydrogen-bond donors (Lipinski definition) is 4. The first-order valence-corrected chi connectivity index (χ1v) is 7.92. The lowest BCUT2D eigenvalue weighted by molar-refractivity contribution is 0.0598. The van der Waals surface area contributed by atoms with Crippen LogP contribution in [0.15, 0.2) is 16.7 Å². The maximum absolute atomic E-state index is 12.3. The molecule has 2 heterocycles. The molecule has 0 aliphatic heterocycles. The predicted octanol–water partition coefficient (Wildman–Crippen LogP) is 1.84. The Morgan fingerprint density at radius 2 is 1.92 bits per heavy atom. The number of nitrogens with one attached hydrogen (secondary N) is 4. The van der Waals surface area contributed by atoms with Gasteiger partial charge in [0.1, 0.15) is 11.4 Å². The van der Waals surface area contributed by atoms with Gasteiger partial charge in [0.25, 0.3) is 11.8 Å². The molecule has 9 heteroatoms. The number of esters is 1. The van der Waals surface area contributed by atoms with E-state index in [-0.39, 0.29) is 11.4 Å². The highest BCUT2D eigenvalue weighted by Crippen LogP contribution is 2.20. The molecule has 8 nitrogen and oxygen atoms in total. The second-order valence-corrected chi connectivity index (χ2v) is 5.88. The summed E-state index contributed by atoms with van der Waals surface area (Å²) in [7, 11) is 1.28. The zero-order valence-electron chi connectivity index (χ0n) is 13.4. The molecule has 0 aliphatic rings. The van der Waals surface area contributed by atoms with Gasteiger partial charge >= 0.3 is 5.97 Å². The average Bonchev–Trinajstić information content (AvgIpc) is 3.15. The molecule has 0 spiro atoms. The Bertz CT molecular complexity index is 793. The number of carbonyl (C=O) groups is 3. The van der Waals surface area contributed by atoms with Crippen LogP contribution in [0.2, 0.25) is 0 Å². The van der Waals surface area contributed by atoms with Crippen molar-refractivity contribution >= 4 is 33.7 Å². The maximum atomic E-state index is 12.3. The van der Waals surface area contributed by atoms with E-state index in [2.05, 4.69) is 36.7 Å². The first-order valence-electron chi connectivity index (χ1n) is 7.13. The Kier molecular flexibility index (Phi) is 5.45. The van der Waals surface area contributed by atoms with Crippen molar-refractivity contribution in [3.8, 4) is 0 Å². The van der Waals surface area contributed by atoms with Crippen LogP contribution < -0.4 is 10.9 Å². The first kappa shape index (κ1) is 17.8. The smallest absolute Gasteiger partial charge is 0.339 e. The standard InChI is InChI=1S/C15H17BrN4O4/c1-4-9-11(15(23)24-3)7(2)12(18-9)14(22)20-19-13(21)10-5-8(16)6-17-10/h5-6,17-18H,4H2,1-3H3,(H,19,21)(H,20,22). The summed E-state index contributed by atoms with van der Waals surface area (Å²) in [5, 5.41) is 0. The highest BCUT2D eigenvalue weighted by molar-refractivity contribution is 9.10. The molecule has 0 radical (unpaired) electrons. The number of aromatic amines is 2.